The smallest absolute Gasteiger partial charge is 0.191 e. The minimum Gasteiger partial charge on any atom is -0.355 e. The maximum atomic E-state index is 4.27. The Hall–Kier alpha value is -1.63. The highest BCUT2D eigenvalue weighted by molar-refractivity contribution is 5.79. The molecule has 0 bridgehead atoms. The maximum absolute atomic E-state index is 4.27. The lowest BCUT2D eigenvalue weighted by Gasteiger charge is -2.20. The van der Waals surface area contributed by atoms with E-state index in [1.807, 2.05) is 7.05 Å². The molecular weight excluding hydrogens is 278 g/mol. The summed E-state index contributed by atoms with van der Waals surface area (Å²) in [5, 5.41) is 14.8. The predicted molar refractivity (Wildman–Crippen MR) is 89.0 cm³/mol. The normalized spacial score (nSPS) is 15.4. The molecule has 0 radical (unpaired) electrons. The number of nitrogens with zero attached hydrogens (tertiary/aromatic N) is 5. The van der Waals surface area contributed by atoms with E-state index in [0.29, 0.717) is 0 Å². The standard InChI is InChI=1S/C15H29N7/c1-4-14-20-19-12-22(14)11-9-18-15(16-3)17-8-10-21(5-2)13-6-7-13/h12-13H,4-11H2,1-3H3,(H2,16,17,18). The van der Waals surface area contributed by atoms with Crippen molar-refractivity contribution in [2.24, 2.45) is 4.99 Å². The molecule has 1 aromatic rings. The van der Waals surface area contributed by atoms with Crippen LogP contribution < -0.4 is 10.6 Å². The summed E-state index contributed by atoms with van der Waals surface area (Å²) in [6.45, 7) is 9.12. The predicted octanol–water partition coefficient (Wildman–Crippen LogP) is 0.490. The van der Waals surface area contributed by atoms with Gasteiger partial charge < -0.3 is 15.2 Å². The lowest BCUT2D eigenvalue weighted by Crippen LogP contribution is -2.43. The fourth-order valence-electron chi connectivity index (χ4n) is 2.61. The number of aliphatic imine (C=N–C) groups is 1. The van der Waals surface area contributed by atoms with Gasteiger partial charge in [-0.15, -0.1) is 10.2 Å². The van der Waals surface area contributed by atoms with Gasteiger partial charge in [0, 0.05) is 45.7 Å². The Labute approximate surface area is 133 Å². The minimum atomic E-state index is 0.810. The van der Waals surface area contributed by atoms with Gasteiger partial charge in [0.15, 0.2) is 5.96 Å². The largest absolute Gasteiger partial charge is 0.355 e. The van der Waals surface area contributed by atoms with Crippen LogP contribution in [0.15, 0.2) is 11.3 Å². The lowest BCUT2D eigenvalue weighted by molar-refractivity contribution is 0.282. The van der Waals surface area contributed by atoms with E-state index in [-0.39, 0.29) is 0 Å². The molecule has 0 aliphatic heterocycles. The first-order valence-electron chi connectivity index (χ1n) is 8.33. The monoisotopic (exact) mass is 307 g/mol. The molecule has 0 unspecified atom stereocenters. The van der Waals surface area contributed by atoms with Crippen LogP contribution in [0, 0.1) is 0 Å². The van der Waals surface area contributed by atoms with Crippen LogP contribution >= 0.6 is 0 Å². The highest BCUT2D eigenvalue weighted by Gasteiger charge is 2.27. The second kappa shape index (κ2) is 8.73. The molecule has 0 atom stereocenters. The molecule has 0 aromatic carbocycles. The van der Waals surface area contributed by atoms with Gasteiger partial charge >= 0.3 is 0 Å². The third kappa shape index (κ3) is 4.98. The summed E-state index contributed by atoms with van der Waals surface area (Å²) < 4.78 is 2.08. The molecule has 1 aliphatic carbocycles. The molecule has 22 heavy (non-hydrogen) atoms. The van der Waals surface area contributed by atoms with Crippen molar-refractivity contribution in [3.63, 3.8) is 0 Å². The van der Waals surface area contributed by atoms with Crippen molar-refractivity contribution < 1.29 is 0 Å². The van der Waals surface area contributed by atoms with Crippen LogP contribution in [0.5, 0.6) is 0 Å². The van der Waals surface area contributed by atoms with Gasteiger partial charge in [0.1, 0.15) is 12.2 Å². The summed E-state index contributed by atoms with van der Waals surface area (Å²) in [7, 11) is 1.81. The number of hydrogen-bond acceptors (Lipinski definition) is 4. The Morgan fingerprint density at radius 3 is 2.77 bits per heavy atom. The Kier molecular flexibility index (Phi) is 6.64. The van der Waals surface area contributed by atoms with Gasteiger partial charge in [-0.25, -0.2) is 0 Å². The number of aromatic nitrogens is 3. The molecule has 7 heteroatoms. The summed E-state index contributed by atoms with van der Waals surface area (Å²) in [5.74, 6) is 1.88. The molecule has 124 valence electrons. The average Bonchev–Trinajstić information content (AvgIpc) is 3.28. The van der Waals surface area contributed by atoms with Gasteiger partial charge in [-0.05, 0) is 19.4 Å². The van der Waals surface area contributed by atoms with Crippen LogP contribution in [0.1, 0.15) is 32.5 Å². The van der Waals surface area contributed by atoms with Crippen molar-refractivity contribution in [2.75, 3.05) is 33.2 Å². The van der Waals surface area contributed by atoms with Crippen LogP contribution in [0.2, 0.25) is 0 Å². The average molecular weight is 307 g/mol. The van der Waals surface area contributed by atoms with E-state index in [2.05, 4.69) is 49.1 Å². The molecule has 1 aromatic heterocycles. The van der Waals surface area contributed by atoms with Crippen molar-refractivity contribution in [2.45, 2.75) is 45.7 Å². The third-order valence-corrected chi connectivity index (χ3v) is 4.04. The molecule has 1 saturated carbocycles. The summed E-state index contributed by atoms with van der Waals surface area (Å²) in [5.41, 5.74) is 0. The Balaban J connectivity index is 1.64. The molecule has 2 N–H and O–H groups in total. The van der Waals surface area contributed by atoms with Gasteiger partial charge in [0.05, 0.1) is 0 Å². The van der Waals surface area contributed by atoms with E-state index in [1.54, 1.807) is 6.33 Å². The maximum Gasteiger partial charge on any atom is 0.191 e. The van der Waals surface area contributed by atoms with Crippen molar-refractivity contribution >= 4 is 5.96 Å². The molecule has 1 fully saturated rings. The molecule has 0 amide bonds. The molecular formula is C15H29N7. The van der Waals surface area contributed by atoms with E-state index in [1.165, 1.54) is 12.8 Å². The molecule has 1 heterocycles. The molecule has 2 rings (SSSR count). The first-order chi connectivity index (χ1) is 10.8. The zero-order chi connectivity index (χ0) is 15.8. The highest BCUT2D eigenvalue weighted by atomic mass is 15.3. The minimum absolute atomic E-state index is 0.810. The van der Waals surface area contributed by atoms with Gasteiger partial charge in [-0.3, -0.25) is 9.89 Å². The lowest BCUT2D eigenvalue weighted by atomic mass is 10.4. The Morgan fingerprint density at radius 2 is 2.14 bits per heavy atom. The van der Waals surface area contributed by atoms with Crippen molar-refractivity contribution in [3.8, 4) is 0 Å². The van der Waals surface area contributed by atoms with Crippen molar-refractivity contribution in [3.05, 3.63) is 12.2 Å². The number of guanidine groups is 1. The van der Waals surface area contributed by atoms with E-state index >= 15 is 0 Å². The van der Waals surface area contributed by atoms with Crippen molar-refractivity contribution in [1.82, 2.24) is 30.3 Å². The fourth-order valence-corrected chi connectivity index (χ4v) is 2.61. The highest BCUT2D eigenvalue weighted by Crippen LogP contribution is 2.25. The van der Waals surface area contributed by atoms with E-state index in [9.17, 15) is 0 Å². The zero-order valence-electron chi connectivity index (χ0n) is 14.0. The molecule has 1 aliphatic rings. The van der Waals surface area contributed by atoms with Crippen molar-refractivity contribution in [1.29, 1.82) is 0 Å². The SMILES string of the molecule is CCc1nncn1CCNC(=NC)NCCN(CC)C1CC1. The summed E-state index contributed by atoms with van der Waals surface area (Å²) in [6, 6.07) is 0.822. The van der Waals surface area contributed by atoms with Gasteiger partial charge in [-0.2, -0.15) is 0 Å². The summed E-state index contributed by atoms with van der Waals surface area (Å²) >= 11 is 0. The van der Waals surface area contributed by atoms with Crippen LogP contribution in [0.4, 0.5) is 0 Å². The Bertz CT molecular complexity index is 464. The van der Waals surface area contributed by atoms with E-state index < -0.39 is 0 Å². The number of likely N-dealkylation sites (N-methyl/N-ethyl adjacent to an activating group) is 1. The fraction of sp³-hybridized carbons (Fsp3) is 0.800. The summed E-state index contributed by atoms with van der Waals surface area (Å²) in [6.07, 6.45) is 5.41. The number of hydrogen-bond donors (Lipinski definition) is 2. The van der Waals surface area contributed by atoms with Crippen LogP contribution in [-0.4, -0.2) is 64.9 Å². The van der Waals surface area contributed by atoms with Gasteiger partial charge in [0.2, 0.25) is 0 Å². The number of rotatable bonds is 9. The first-order valence-corrected chi connectivity index (χ1v) is 8.33. The summed E-state index contributed by atoms with van der Waals surface area (Å²) in [4.78, 5) is 6.80. The number of nitrogens with one attached hydrogen (secondary N) is 2. The second-order valence-electron chi connectivity index (χ2n) is 5.58. The second-order valence-corrected chi connectivity index (χ2v) is 5.58. The topological polar surface area (TPSA) is 70.4 Å². The molecule has 0 saturated heterocycles. The molecule has 0 spiro atoms. The molecule has 7 nitrogen and oxygen atoms in total. The zero-order valence-corrected chi connectivity index (χ0v) is 14.0. The third-order valence-electron chi connectivity index (χ3n) is 4.04. The van der Waals surface area contributed by atoms with Crippen LogP contribution in [0.25, 0.3) is 0 Å². The number of aryl methyl sites for hydroxylation is 1. The van der Waals surface area contributed by atoms with Gasteiger partial charge in [-0.1, -0.05) is 13.8 Å². The van der Waals surface area contributed by atoms with E-state index in [0.717, 1.165) is 57.0 Å². The van der Waals surface area contributed by atoms with E-state index in [4.69, 9.17) is 0 Å². The van der Waals surface area contributed by atoms with Crippen LogP contribution in [0.3, 0.4) is 0 Å². The Morgan fingerprint density at radius 1 is 1.36 bits per heavy atom. The van der Waals surface area contributed by atoms with Gasteiger partial charge in [0.25, 0.3) is 0 Å². The quantitative estimate of drug-likeness (QED) is 0.513. The van der Waals surface area contributed by atoms with Crippen LogP contribution in [-0.2, 0) is 13.0 Å². The first kappa shape index (κ1) is 16.7.